The van der Waals surface area contributed by atoms with Gasteiger partial charge in [0.05, 0.1) is 6.42 Å². The molecule has 0 saturated carbocycles. The zero-order valence-corrected chi connectivity index (χ0v) is 16.6. The van der Waals surface area contributed by atoms with Crippen LogP contribution in [0.4, 0.5) is 8.78 Å². The third-order valence-corrected chi connectivity index (χ3v) is 4.69. The number of aryl methyl sites for hydroxylation is 1. The van der Waals surface area contributed by atoms with Gasteiger partial charge in [-0.05, 0) is 48.4 Å². The molecule has 0 aliphatic rings. The van der Waals surface area contributed by atoms with Crippen LogP contribution < -0.4 is 4.74 Å². The van der Waals surface area contributed by atoms with Gasteiger partial charge < -0.3 is 9.84 Å². The van der Waals surface area contributed by atoms with E-state index in [1.54, 1.807) is 11.8 Å². The maximum Gasteiger partial charge on any atom is 0.304 e. The smallest absolute Gasteiger partial charge is 0.304 e. The Morgan fingerprint density at radius 2 is 1.70 bits per heavy atom. The van der Waals surface area contributed by atoms with Crippen LogP contribution in [-0.4, -0.2) is 22.5 Å². The normalized spacial score (nSPS) is 10.9. The molecule has 3 aromatic rings. The molecule has 0 saturated heterocycles. The first-order valence-corrected chi connectivity index (χ1v) is 9.62. The van der Waals surface area contributed by atoms with E-state index in [0.717, 1.165) is 5.56 Å². The minimum atomic E-state index is -0.966. The molecule has 6 heteroatoms. The number of hydrogen-bond acceptors (Lipinski definition) is 3. The van der Waals surface area contributed by atoms with E-state index >= 15 is 0 Å². The minimum Gasteiger partial charge on any atom is -0.481 e. The molecular weight excluding hydrogens is 388 g/mol. The van der Waals surface area contributed by atoms with Crippen LogP contribution in [0.15, 0.2) is 66.7 Å². The van der Waals surface area contributed by atoms with Crippen molar-refractivity contribution >= 4 is 5.97 Å². The summed E-state index contributed by atoms with van der Waals surface area (Å²) in [5, 5.41) is 9.06. The van der Waals surface area contributed by atoms with E-state index in [1.807, 2.05) is 54.6 Å². The Morgan fingerprint density at radius 1 is 0.967 bits per heavy atom. The highest BCUT2D eigenvalue weighted by molar-refractivity contribution is 5.66. The molecular formula is C24H23F2NO3. The fraction of sp³-hybridized carbons (Fsp3) is 0.208. The lowest BCUT2D eigenvalue weighted by Gasteiger charge is -2.23. The number of nitrogens with zero attached hydrogens (tertiary/aromatic N) is 1. The van der Waals surface area contributed by atoms with Crippen LogP contribution in [0, 0.1) is 18.6 Å². The summed E-state index contributed by atoms with van der Waals surface area (Å²) in [7, 11) is 0. The highest BCUT2D eigenvalue weighted by atomic mass is 19.1. The number of hydrogen-bond donors (Lipinski definition) is 1. The second kappa shape index (κ2) is 9.98. The molecule has 0 spiro atoms. The highest BCUT2D eigenvalue weighted by Crippen LogP contribution is 2.24. The van der Waals surface area contributed by atoms with Crippen LogP contribution in [0.3, 0.4) is 0 Å². The van der Waals surface area contributed by atoms with Crippen LogP contribution in [0.5, 0.6) is 11.5 Å². The van der Waals surface area contributed by atoms with Gasteiger partial charge in [-0.15, -0.1) is 0 Å². The molecule has 0 fully saturated rings. The maximum atomic E-state index is 14.5. The number of carboxylic acids is 1. The second-order valence-electron chi connectivity index (χ2n) is 7.07. The van der Waals surface area contributed by atoms with Crippen LogP contribution in [0.1, 0.15) is 23.1 Å². The molecule has 0 heterocycles. The summed E-state index contributed by atoms with van der Waals surface area (Å²) in [6, 6.07) is 19.3. The first-order valence-electron chi connectivity index (χ1n) is 9.62. The number of aliphatic carboxylic acids is 1. The number of carboxylic acid groups (broad SMARTS) is 1. The number of para-hydroxylation sites is 1. The number of benzene rings is 3. The Kier molecular flexibility index (Phi) is 7.14. The molecule has 0 aliphatic carbocycles. The van der Waals surface area contributed by atoms with Gasteiger partial charge in [0.15, 0.2) is 0 Å². The summed E-state index contributed by atoms with van der Waals surface area (Å²) < 4.78 is 34.5. The van der Waals surface area contributed by atoms with Gasteiger partial charge in [0, 0.05) is 25.2 Å². The van der Waals surface area contributed by atoms with Crippen LogP contribution in [0.25, 0.3) is 0 Å². The van der Waals surface area contributed by atoms with Crippen molar-refractivity contribution in [1.82, 2.24) is 4.90 Å². The number of rotatable bonds is 9. The molecule has 0 bridgehead atoms. The van der Waals surface area contributed by atoms with Crippen molar-refractivity contribution in [3.63, 3.8) is 0 Å². The number of halogens is 2. The fourth-order valence-electron chi connectivity index (χ4n) is 3.14. The average Bonchev–Trinajstić information content (AvgIpc) is 2.73. The Balaban J connectivity index is 1.79. The molecule has 1 N–H and O–H groups in total. The number of carbonyl (C=O) groups is 1. The molecule has 30 heavy (non-hydrogen) atoms. The summed E-state index contributed by atoms with van der Waals surface area (Å²) in [6.45, 7) is 2.03. The summed E-state index contributed by atoms with van der Waals surface area (Å²) in [4.78, 5) is 12.8. The van der Waals surface area contributed by atoms with E-state index in [1.165, 1.54) is 12.1 Å². The van der Waals surface area contributed by atoms with E-state index in [2.05, 4.69) is 0 Å². The Labute approximate surface area is 174 Å². The number of ether oxygens (including phenoxy) is 1. The third kappa shape index (κ3) is 5.87. The quantitative estimate of drug-likeness (QED) is 0.502. The van der Waals surface area contributed by atoms with Gasteiger partial charge in [0.25, 0.3) is 0 Å². The first kappa shape index (κ1) is 21.5. The summed E-state index contributed by atoms with van der Waals surface area (Å²) in [5.41, 5.74) is 1.14. The van der Waals surface area contributed by atoms with Gasteiger partial charge in [0.1, 0.15) is 23.1 Å². The van der Waals surface area contributed by atoms with Crippen molar-refractivity contribution in [3.8, 4) is 11.5 Å². The average molecular weight is 411 g/mol. The lowest BCUT2D eigenvalue weighted by Crippen LogP contribution is -2.27. The summed E-state index contributed by atoms with van der Waals surface area (Å²) >= 11 is 0. The standard InChI is InChI=1S/C24H23F2NO3/c1-17-10-11-22(25)21(24(17)26)16-27(13-12-23(28)29)15-18-6-5-9-20(14-18)30-19-7-3-2-4-8-19/h2-11,14H,12-13,15-16H2,1H3,(H,28,29). The van der Waals surface area contributed by atoms with Crippen molar-refractivity contribution < 1.29 is 23.4 Å². The van der Waals surface area contributed by atoms with Gasteiger partial charge in [-0.2, -0.15) is 0 Å². The largest absolute Gasteiger partial charge is 0.481 e. The Morgan fingerprint density at radius 3 is 2.43 bits per heavy atom. The predicted octanol–water partition coefficient (Wildman–Crippen LogP) is 5.54. The molecule has 156 valence electrons. The summed E-state index contributed by atoms with van der Waals surface area (Å²) in [6.07, 6.45) is -0.130. The van der Waals surface area contributed by atoms with Crippen LogP contribution in [0.2, 0.25) is 0 Å². The lowest BCUT2D eigenvalue weighted by molar-refractivity contribution is -0.137. The highest BCUT2D eigenvalue weighted by Gasteiger charge is 2.17. The molecule has 0 aromatic heterocycles. The third-order valence-electron chi connectivity index (χ3n) is 4.69. The minimum absolute atomic E-state index is 0.0314. The zero-order chi connectivity index (χ0) is 21.5. The fourth-order valence-corrected chi connectivity index (χ4v) is 3.14. The Bertz CT molecular complexity index is 1010. The van der Waals surface area contributed by atoms with Crippen molar-refractivity contribution in [2.45, 2.75) is 26.4 Å². The van der Waals surface area contributed by atoms with Crippen molar-refractivity contribution in [3.05, 3.63) is 95.1 Å². The topological polar surface area (TPSA) is 49.8 Å². The molecule has 0 unspecified atom stereocenters. The molecule has 0 aliphatic heterocycles. The molecule has 0 radical (unpaired) electrons. The lowest BCUT2D eigenvalue weighted by atomic mass is 10.1. The Hall–Kier alpha value is -3.25. The van der Waals surface area contributed by atoms with Gasteiger partial charge >= 0.3 is 5.97 Å². The van der Waals surface area contributed by atoms with Crippen molar-refractivity contribution in [1.29, 1.82) is 0 Å². The van der Waals surface area contributed by atoms with Gasteiger partial charge in [-0.1, -0.05) is 36.4 Å². The van der Waals surface area contributed by atoms with Gasteiger partial charge in [0.2, 0.25) is 0 Å². The van der Waals surface area contributed by atoms with Gasteiger partial charge in [-0.25, -0.2) is 8.78 Å². The van der Waals surface area contributed by atoms with Gasteiger partial charge in [-0.3, -0.25) is 9.69 Å². The first-order chi connectivity index (χ1) is 14.4. The van der Waals surface area contributed by atoms with Crippen LogP contribution >= 0.6 is 0 Å². The van der Waals surface area contributed by atoms with E-state index < -0.39 is 17.6 Å². The van der Waals surface area contributed by atoms with Crippen molar-refractivity contribution in [2.24, 2.45) is 0 Å². The molecule has 3 rings (SSSR count). The molecule has 3 aromatic carbocycles. The van der Waals surface area contributed by atoms with E-state index in [-0.39, 0.29) is 25.1 Å². The summed E-state index contributed by atoms with van der Waals surface area (Å²) in [5.74, 6) is -0.881. The zero-order valence-electron chi connectivity index (χ0n) is 16.6. The van der Waals surface area contributed by atoms with Crippen LogP contribution in [-0.2, 0) is 17.9 Å². The van der Waals surface area contributed by atoms with E-state index in [9.17, 15) is 13.6 Å². The van der Waals surface area contributed by atoms with Crippen molar-refractivity contribution in [2.75, 3.05) is 6.54 Å². The SMILES string of the molecule is Cc1ccc(F)c(CN(CCC(=O)O)Cc2cccc(Oc3ccccc3)c2)c1F. The van der Waals surface area contributed by atoms with E-state index in [0.29, 0.717) is 23.6 Å². The predicted molar refractivity (Wildman–Crippen MR) is 110 cm³/mol. The molecule has 0 amide bonds. The maximum absolute atomic E-state index is 14.5. The monoisotopic (exact) mass is 411 g/mol. The second-order valence-corrected chi connectivity index (χ2v) is 7.07. The molecule has 0 atom stereocenters. The van der Waals surface area contributed by atoms with E-state index in [4.69, 9.17) is 9.84 Å². The molecule has 4 nitrogen and oxygen atoms in total.